The average molecular weight is 218 g/mol. The van der Waals surface area contributed by atoms with Gasteiger partial charge in [0.1, 0.15) is 11.9 Å². The van der Waals surface area contributed by atoms with Crippen molar-refractivity contribution in [3.8, 4) is 0 Å². The third kappa shape index (κ3) is 4.31. The molecule has 5 nitrogen and oxygen atoms in total. The monoisotopic (exact) mass is 218 g/mol. The smallest absolute Gasteiger partial charge is 0.267 e. The van der Waals surface area contributed by atoms with Crippen LogP contribution in [0.5, 0.6) is 0 Å². The first kappa shape index (κ1) is 11.1. The quantitative estimate of drug-likeness (QED) is 0.513. The minimum absolute atomic E-state index is 0.140. The molecule has 1 aromatic rings. The summed E-state index contributed by atoms with van der Waals surface area (Å²) in [5.41, 5.74) is 0. The normalized spacial score (nSPS) is 13.9. The van der Waals surface area contributed by atoms with Crippen molar-refractivity contribution >= 4 is 10.1 Å². The Morgan fingerprint density at radius 1 is 1.21 bits per heavy atom. The predicted octanol–water partition coefficient (Wildman–Crippen LogP) is -0.777. The Hall–Kier alpha value is -0.980. The molecule has 0 fully saturated rings. The molecule has 0 aliphatic rings. The molecular weight excluding hydrogens is 206 g/mol. The summed E-state index contributed by atoms with van der Waals surface area (Å²) in [5.74, 6) is -0.644. The lowest BCUT2D eigenvalue weighted by atomic mass is 10.4. The summed E-state index contributed by atoms with van der Waals surface area (Å²) in [6.07, 6.45) is 2.30. The highest BCUT2D eigenvalue weighted by atomic mass is 32.2. The minimum Gasteiger partial charge on any atom is -0.385 e. The van der Waals surface area contributed by atoms with Gasteiger partial charge < -0.3 is 5.11 Å². The summed E-state index contributed by atoms with van der Waals surface area (Å²) in [6, 6.07) is 5.34. The molecule has 1 aromatic heterocycles. The fourth-order valence-electron chi connectivity index (χ4n) is 1.10. The van der Waals surface area contributed by atoms with Crippen molar-refractivity contribution in [2.45, 2.75) is 12.6 Å². The molecule has 0 aromatic carbocycles. The summed E-state index contributed by atoms with van der Waals surface area (Å²) in [6.45, 7) is 0.140. The van der Waals surface area contributed by atoms with Crippen molar-refractivity contribution in [1.82, 2.24) is 0 Å². The van der Waals surface area contributed by atoms with Crippen LogP contribution in [-0.4, -0.2) is 29.9 Å². The number of hydrogen-bond donors (Lipinski definition) is 2. The summed E-state index contributed by atoms with van der Waals surface area (Å²) < 4.78 is 30.9. The van der Waals surface area contributed by atoms with E-state index in [-0.39, 0.29) is 6.54 Å². The van der Waals surface area contributed by atoms with Gasteiger partial charge >= 0.3 is 0 Å². The molecule has 0 saturated heterocycles. The third-order valence-corrected chi connectivity index (χ3v) is 2.41. The Balaban J connectivity index is 2.54. The summed E-state index contributed by atoms with van der Waals surface area (Å²) in [7, 11) is -4.11. The number of rotatable bonds is 4. The lowest BCUT2D eigenvalue weighted by molar-refractivity contribution is -0.703. The largest absolute Gasteiger partial charge is 0.385 e. The van der Waals surface area contributed by atoms with Crippen molar-refractivity contribution in [2.75, 3.05) is 5.75 Å². The molecule has 1 heterocycles. The minimum atomic E-state index is -4.11. The molecule has 0 amide bonds. The number of aliphatic hydroxyl groups is 1. The zero-order valence-corrected chi connectivity index (χ0v) is 8.26. The van der Waals surface area contributed by atoms with Gasteiger partial charge in [-0.1, -0.05) is 6.07 Å². The van der Waals surface area contributed by atoms with E-state index in [2.05, 4.69) is 0 Å². The van der Waals surface area contributed by atoms with Crippen molar-refractivity contribution in [3.05, 3.63) is 30.6 Å². The van der Waals surface area contributed by atoms with E-state index in [9.17, 15) is 13.5 Å². The molecule has 0 bridgehead atoms. The predicted molar refractivity (Wildman–Crippen MR) is 49.1 cm³/mol. The van der Waals surface area contributed by atoms with Gasteiger partial charge in [0.15, 0.2) is 18.9 Å². The summed E-state index contributed by atoms with van der Waals surface area (Å²) in [4.78, 5) is 0. The van der Waals surface area contributed by atoms with Gasteiger partial charge in [0.2, 0.25) is 0 Å². The van der Waals surface area contributed by atoms with Gasteiger partial charge in [0.25, 0.3) is 10.1 Å². The highest BCUT2D eigenvalue weighted by Crippen LogP contribution is 1.90. The second-order valence-corrected chi connectivity index (χ2v) is 4.47. The standard InChI is InChI=1S/C8H11NO4S/c10-8(7-14(11,12)13)6-9-4-2-1-3-5-9/h1-5,8,10H,6-7H2/p+1. The highest BCUT2D eigenvalue weighted by molar-refractivity contribution is 7.85. The third-order valence-electron chi connectivity index (χ3n) is 1.60. The maximum absolute atomic E-state index is 10.4. The van der Waals surface area contributed by atoms with Crippen LogP contribution in [0.15, 0.2) is 30.6 Å². The molecule has 0 spiro atoms. The Bertz CT molecular complexity index is 376. The molecule has 1 atom stereocenters. The second-order valence-electron chi connectivity index (χ2n) is 2.97. The molecule has 1 rings (SSSR count). The van der Waals surface area contributed by atoms with Crippen LogP contribution >= 0.6 is 0 Å². The van der Waals surface area contributed by atoms with Crippen LogP contribution in [0.3, 0.4) is 0 Å². The van der Waals surface area contributed by atoms with Crippen molar-refractivity contribution in [3.63, 3.8) is 0 Å². The molecule has 0 saturated carbocycles. The maximum Gasteiger partial charge on any atom is 0.267 e. The molecule has 14 heavy (non-hydrogen) atoms. The van der Waals surface area contributed by atoms with Crippen molar-refractivity contribution < 1.29 is 22.6 Å². The Kier molecular flexibility index (Phi) is 3.56. The number of aliphatic hydroxyl groups excluding tert-OH is 1. The lowest BCUT2D eigenvalue weighted by Gasteiger charge is -2.03. The van der Waals surface area contributed by atoms with Crippen molar-refractivity contribution in [2.24, 2.45) is 0 Å². The molecule has 0 radical (unpaired) electrons. The van der Waals surface area contributed by atoms with Crippen molar-refractivity contribution in [1.29, 1.82) is 0 Å². The Labute approximate surface area is 82.4 Å². The summed E-state index contributed by atoms with van der Waals surface area (Å²) in [5, 5.41) is 9.28. The number of nitrogens with zero attached hydrogens (tertiary/aromatic N) is 1. The van der Waals surface area contributed by atoms with Gasteiger partial charge in [-0.25, -0.2) is 4.57 Å². The van der Waals surface area contributed by atoms with E-state index in [0.717, 1.165) is 0 Å². The van der Waals surface area contributed by atoms with E-state index in [4.69, 9.17) is 4.55 Å². The molecule has 78 valence electrons. The number of hydrogen-bond acceptors (Lipinski definition) is 3. The van der Waals surface area contributed by atoms with Crippen LogP contribution in [0.1, 0.15) is 0 Å². The molecule has 6 heteroatoms. The molecule has 2 N–H and O–H groups in total. The SMILES string of the molecule is O=S(=O)(O)CC(O)C[n+]1ccccc1. The van der Waals surface area contributed by atoms with E-state index in [1.165, 1.54) is 0 Å². The van der Waals surface area contributed by atoms with Gasteiger partial charge in [0, 0.05) is 12.1 Å². The van der Waals surface area contributed by atoms with E-state index in [0.29, 0.717) is 0 Å². The first-order chi connectivity index (χ1) is 6.47. The van der Waals surface area contributed by atoms with Gasteiger partial charge in [-0.05, 0) is 0 Å². The van der Waals surface area contributed by atoms with Gasteiger partial charge in [-0.2, -0.15) is 8.42 Å². The first-order valence-corrected chi connectivity index (χ1v) is 5.65. The number of pyridine rings is 1. The van der Waals surface area contributed by atoms with Crippen LogP contribution in [0, 0.1) is 0 Å². The number of aromatic nitrogens is 1. The fraction of sp³-hybridized carbons (Fsp3) is 0.375. The second kappa shape index (κ2) is 4.50. The molecule has 0 aliphatic carbocycles. The van der Waals surface area contributed by atoms with Crippen LogP contribution < -0.4 is 4.57 Å². The van der Waals surface area contributed by atoms with E-state index >= 15 is 0 Å². The van der Waals surface area contributed by atoms with Gasteiger partial charge in [0.05, 0.1) is 0 Å². The molecule has 0 aliphatic heterocycles. The Morgan fingerprint density at radius 3 is 2.29 bits per heavy atom. The average Bonchev–Trinajstić information content (AvgIpc) is 2.02. The zero-order chi connectivity index (χ0) is 10.6. The van der Waals surface area contributed by atoms with Crippen LogP contribution in [0.25, 0.3) is 0 Å². The molecule has 1 unspecified atom stereocenters. The van der Waals surface area contributed by atoms with Crippen LogP contribution in [-0.2, 0) is 16.7 Å². The van der Waals surface area contributed by atoms with E-state index in [1.807, 2.05) is 6.07 Å². The fourth-order valence-corrected chi connectivity index (χ4v) is 1.69. The zero-order valence-electron chi connectivity index (χ0n) is 7.44. The van der Waals surface area contributed by atoms with Crippen LogP contribution in [0.4, 0.5) is 0 Å². The lowest BCUT2D eigenvalue weighted by Crippen LogP contribution is -2.41. The van der Waals surface area contributed by atoms with Gasteiger partial charge in [-0.15, -0.1) is 0 Å². The first-order valence-electron chi connectivity index (χ1n) is 4.05. The van der Waals surface area contributed by atoms with Gasteiger partial charge in [-0.3, -0.25) is 4.55 Å². The van der Waals surface area contributed by atoms with E-state index in [1.54, 1.807) is 29.1 Å². The summed E-state index contributed by atoms with van der Waals surface area (Å²) >= 11 is 0. The topological polar surface area (TPSA) is 78.5 Å². The van der Waals surface area contributed by atoms with E-state index < -0.39 is 22.0 Å². The Morgan fingerprint density at radius 2 is 1.79 bits per heavy atom. The molecular formula is C8H12NO4S+. The highest BCUT2D eigenvalue weighted by Gasteiger charge is 2.17. The van der Waals surface area contributed by atoms with Crippen LogP contribution in [0.2, 0.25) is 0 Å². The maximum atomic E-state index is 10.4.